The summed E-state index contributed by atoms with van der Waals surface area (Å²) < 4.78 is 5.55. The summed E-state index contributed by atoms with van der Waals surface area (Å²) in [5.41, 5.74) is 0. The number of hydrogen-bond donors (Lipinski definition) is 1. The Balaban J connectivity index is 1.65. The van der Waals surface area contributed by atoms with Crippen LogP contribution in [0.4, 0.5) is 0 Å². The highest BCUT2D eigenvalue weighted by molar-refractivity contribution is 5.80. The Labute approximate surface area is 126 Å². The molecule has 0 unspecified atom stereocenters. The minimum absolute atomic E-state index is 0.144. The van der Waals surface area contributed by atoms with Crippen molar-refractivity contribution >= 4 is 5.91 Å². The van der Waals surface area contributed by atoms with Crippen LogP contribution in [0.25, 0.3) is 0 Å². The molecule has 1 N–H and O–H groups in total. The third kappa shape index (κ3) is 5.49. The van der Waals surface area contributed by atoms with E-state index < -0.39 is 6.10 Å². The normalized spacial score (nSPS) is 15.9. The second-order valence-corrected chi connectivity index (χ2v) is 5.13. The first-order chi connectivity index (χ1) is 10.3. The molecule has 0 saturated carbocycles. The van der Waals surface area contributed by atoms with Crippen molar-refractivity contribution in [3.8, 4) is 17.6 Å². The molecular weight excluding hydrogens is 264 g/mol. The number of carbonyl (C=O) groups excluding carboxylic acids is 1. The van der Waals surface area contributed by atoms with E-state index in [4.69, 9.17) is 4.74 Å². The Bertz CT molecular complexity index is 499. The van der Waals surface area contributed by atoms with Crippen LogP contribution in [-0.2, 0) is 4.79 Å². The van der Waals surface area contributed by atoms with Gasteiger partial charge in [0.15, 0.2) is 6.10 Å². The third-order valence-corrected chi connectivity index (χ3v) is 3.40. The molecule has 4 nitrogen and oxygen atoms in total. The maximum atomic E-state index is 11.9. The first-order valence-electron chi connectivity index (χ1n) is 7.43. The first-order valence-corrected chi connectivity index (χ1v) is 7.43. The molecule has 0 aromatic heterocycles. The lowest BCUT2D eigenvalue weighted by Crippen LogP contribution is -2.36. The molecule has 21 heavy (non-hydrogen) atoms. The summed E-state index contributed by atoms with van der Waals surface area (Å²) in [6.45, 7) is 5.19. The summed E-state index contributed by atoms with van der Waals surface area (Å²) in [6, 6.07) is 9.33. The first kappa shape index (κ1) is 15.4. The highest BCUT2D eigenvalue weighted by atomic mass is 16.5. The Kier molecular flexibility index (Phi) is 6.11. The van der Waals surface area contributed by atoms with Crippen molar-refractivity contribution in [2.45, 2.75) is 25.9 Å². The van der Waals surface area contributed by atoms with Gasteiger partial charge in [0.2, 0.25) is 0 Å². The van der Waals surface area contributed by atoms with Gasteiger partial charge in [-0.15, -0.1) is 0 Å². The van der Waals surface area contributed by atoms with Gasteiger partial charge in [-0.2, -0.15) is 0 Å². The Morgan fingerprint density at radius 2 is 2.00 bits per heavy atom. The van der Waals surface area contributed by atoms with E-state index in [0.29, 0.717) is 12.3 Å². The van der Waals surface area contributed by atoms with Gasteiger partial charge in [0.05, 0.1) is 13.1 Å². The lowest BCUT2D eigenvalue weighted by molar-refractivity contribution is -0.126. The Morgan fingerprint density at radius 3 is 2.71 bits per heavy atom. The van der Waals surface area contributed by atoms with E-state index in [1.807, 2.05) is 30.3 Å². The van der Waals surface area contributed by atoms with Crippen LogP contribution in [0, 0.1) is 11.8 Å². The van der Waals surface area contributed by atoms with E-state index in [9.17, 15) is 4.79 Å². The minimum atomic E-state index is -0.521. The van der Waals surface area contributed by atoms with Gasteiger partial charge in [-0.05, 0) is 45.0 Å². The molecule has 2 rings (SSSR count). The van der Waals surface area contributed by atoms with Gasteiger partial charge < -0.3 is 10.1 Å². The molecule has 1 aliphatic rings. The standard InChI is InChI=1S/C17H22N2O2/c1-15(21-16-9-3-2-4-10-16)17(20)18-11-5-6-12-19-13-7-8-14-19/h2-4,9-10,15H,7-8,11-14H2,1H3,(H,18,20)/t15-/m0/s1. The average Bonchev–Trinajstić information content (AvgIpc) is 3.01. The van der Waals surface area contributed by atoms with E-state index in [2.05, 4.69) is 22.1 Å². The van der Waals surface area contributed by atoms with Crippen molar-refractivity contribution < 1.29 is 9.53 Å². The van der Waals surface area contributed by atoms with Crippen molar-refractivity contribution in [2.24, 2.45) is 0 Å². The lowest BCUT2D eigenvalue weighted by atomic mass is 10.3. The summed E-state index contributed by atoms with van der Waals surface area (Å²) in [6.07, 6.45) is 2.02. The predicted molar refractivity (Wildman–Crippen MR) is 83.0 cm³/mol. The van der Waals surface area contributed by atoms with Gasteiger partial charge in [0, 0.05) is 0 Å². The Hall–Kier alpha value is -1.99. The molecule has 1 atom stereocenters. The molecule has 1 aromatic carbocycles. The van der Waals surface area contributed by atoms with E-state index in [-0.39, 0.29) is 5.91 Å². The minimum Gasteiger partial charge on any atom is -0.481 e. The van der Waals surface area contributed by atoms with Gasteiger partial charge in [-0.3, -0.25) is 9.69 Å². The zero-order valence-electron chi connectivity index (χ0n) is 12.5. The number of nitrogens with one attached hydrogen (secondary N) is 1. The fraction of sp³-hybridized carbons (Fsp3) is 0.471. The number of benzene rings is 1. The molecule has 1 aliphatic heterocycles. The van der Waals surface area contributed by atoms with Crippen molar-refractivity contribution in [1.29, 1.82) is 0 Å². The van der Waals surface area contributed by atoms with Crippen LogP contribution in [0.15, 0.2) is 30.3 Å². The maximum absolute atomic E-state index is 11.9. The average molecular weight is 286 g/mol. The largest absolute Gasteiger partial charge is 0.481 e. The van der Waals surface area contributed by atoms with Crippen LogP contribution >= 0.6 is 0 Å². The van der Waals surface area contributed by atoms with Gasteiger partial charge in [0.1, 0.15) is 5.75 Å². The molecule has 0 bridgehead atoms. The van der Waals surface area contributed by atoms with E-state index in [0.717, 1.165) is 19.6 Å². The quantitative estimate of drug-likeness (QED) is 0.837. The third-order valence-electron chi connectivity index (χ3n) is 3.40. The molecule has 1 amide bonds. The smallest absolute Gasteiger partial charge is 0.261 e. The number of nitrogens with zero attached hydrogens (tertiary/aromatic N) is 1. The SMILES string of the molecule is C[C@H](Oc1ccccc1)C(=O)NCC#CCN1CCCC1. The molecule has 0 aliphatic carbocycles. The monoisotopic (exact) mass is 286 g/mol. The summed E-state index contributed by atoms with van der Waals surface area (Å²) in [4.78, 5) is 14.2. The van der Waals surface area contributed by atoms with Crippen molar-refractivity contribution in [1.82, 2.24) is 10.2 Å². The molecule has 0 spiro atoms. The number of hydrogen-bond acceptors (Lipinski definition) is 3. The van der Waals surface area contributed by atoms with Gasteiger partial charge >= 0.3 is 0 Å². The highest BCUT2D eigenvalue weighted by Gasteiger charge is 2.13. The van der Waals surface area contributed by atoms with E-state index >= 15 is 0 Å². The fourth-order valence-corrected chi connectivity index (χ4v) is 2.20. The van der Waals surface area contributed by atoms with Crippen LogP contribution in [0.1, 0.15) is 19.8 Å². The maximum Gasteiger partial charge on any atom is 0.261 e. The molecule has 1 saturated heterocycles. The highest BCUT2D eigenvalue weighted by Crippen LogP contribution is 2.10. The number of rotatable bonds is 5. The number of amides is 1. The molecule has 4 heteroatoms. The van der Waals surface area contributed by atoms with Crippen LogP contribution < -0.4 is 10.1 Å². The summed E-state index contributed by atoms with van der Waals surface area (Å²) in [7, 11) is 0. The second kappa shape index (κ2) is 8.33. The Morgan fingerprint density at radius 1 is 1.29 bits per heavy atom. The topological polar surface area (TPSA) is 41.6 Å². The van der Waals surface area contributed by atoms with Crippen LogP contribution in [0.5, 0.6) is 5.75 Å². The van der Waals surface area contributed by atoms with Crippen molar-refractivity contribution in [3.05, 3.63) is 30.3 Å². The number of ether oxygens (including phenoxy) is 1. The van der Waals surface area contributed by atoms with Crippen molar-refractivity contribution in [3.63, 3.8) is 0 Å². The lowest BCUT2D eigenvalue weighted by Gasteiger charge is -2.13. The molecule has 112 valence electrons. The molecule has 1 heterocycles. The number of carbonyl (C=O) groups is 1. The molecular formula is C17H22N2O2. The van der Waals surface area contributed by atoms with E-state index in [1.54, 1.807) is 6.92 Å². The summed E-state index contributed by atoms with van der Waals surface area (Å²) in [5.74, 6) is 6.63. The van der Waals surface area contributed by atoms with Gasteiger partial charge in [0.25, 0.3) is 5.91 Å². The zero-order valence-corrected chi connectivity index (χ0v) is 12.5. The van der Waals surface area contributed by atoms with Crippen LogP contribution in [-0.4, -0.2) is 43.1 Å². The summed E-state index contributed by atoms with van der Waals surface area (Å²) in [5, 5.41) is 2.77. The second-order valence-electron chi connectivity index (χ2n) is 5.13. The number of para-hydroxylation sites is 1. The summed E-state index contributed by atoms with van der Waals surface area (Å²) >= 11 is 0. The fourth-order valence-electron chi connectivity index (χ4n) is 2.20. The van der Waals surface area contributed by atoms with Crippen LogP contribution in [0.2, 0.25) is 0 Å². The molecule has 1 aromatic rings. The molecule has 0 radical (unpaired) electrons. The van der Waals surface area contributed by atoms with E-state index in [1.165, 1.54) is 12.8 Å². The van der Waals surface area contributed by atoms with Crippen LogP contribution in [0.3, 0.4) is 0 Å². The predicted octanol–water partition coefficient (Wildman–Crippen LogP) is 1.67. The zero-order chi connectivity index (χ0) is 14.9. The van der Waals surface area contributed by atoms with Crippen molar-refractivity contribution in [2.75, 3.05) is 26.2 Å². The molecule has 1 fully saturated rings. The van der Waals surface area contributed by atoms with Gasteiger partial charge in [-0.1, -0.05) is 30.0 Å². The number of likely N-dealkylation sites (tertiary alicyclic amines) is 1. The van der Waals surface area contributed by atoms with Gasteiger partial charge in [-0.25, -0.2) is 0 Å².